The first-order chi connectivity index (χ1) is 8.92. The lowest BCUT2D eigenvalue weighted by molar-refractivity contribution is 0.381. The number of hydrogen-bond acceptors (Lipinski definition) is 4. The van der Waals surface area contributed by atoms with Crippen LogP contribution in [0.15, 0.2) is 42.5 Å². The van der Waals surface area contributed by atoms with Crippen molar-refractivity contribution < 1.29 is 17.5 Å². The van der Waals surface area contributed by atoms with Gasteiger partial charge in [0.15, 0.2) is 0 Å². The summed E-state index contributed by atoms with van der Waals surface area (Å²) in [7, 11) is -4.67. The molecule has 2 aromatic rings. The lowest BCUT2D eigenvalue weighted by Crippen LogP contribution is -2.13. The molecule has 0 aromatic heterocycles. The van der Waals surface area contributed by atoms with Gasteiger partial charge >= 0.3 is 10.4 Å². The van der Waals surface area contributed by atoms with Crippen LogP contribution in [0.5, 0.6) is 0 Å². The first kappa shape index (κ1) is 15.4. The molecule has 0 bridgehead atoms. The van der Waals surface area contributed by atoms with Gasteiger partial charge in [-0.25, -0.2) is 0 Å². The minimum atomic E-state index is -4.67. The van der Waals surface area contributed by atoms with E-state index in [1.807, 2.05) is 0 Å². The van der Waals surface area contributed by atoms with Crippen LogP contribution in [0.25, 0.3) is 10.8 Å². The van der Waals surface area contributed by atoms with Crippen LogP contribution in [-0.4, -0.2) is 30.6 Å². The van der Waals surface area contributed by atoms with Crippen LogP contribution in [-0.2, 0) is 10.4 Å². The van der Waals surface area contributed by atoms with Gasteiger partial charge in [-0.2, -0.15) is 8.42 Å². The summed E-state index contributed by atoms with van der Waals surface area (Å²) in [6, 6.07) is 14.6. The molecule has 0 aliphatic rings. The van der Waals surface area contributed by atoms with Gasteiger partial charge in [0.2, 0.25) is 0 Å². The molecule has 0 amide bonds. The molecule has 104 valence electrons. The van der Waals surface area contributed by atoms with Crippen molar-refractivity contribution in [2.24, 2.45) is 5.73 Å². The third-order valence-electron chi connectivity index (χ3n) is 2.25. The maximum absolute atomic E-state index is 8.74. The highest BCUT2D eigenvalue weighted by atomic mass is 32.3. The van der Waals surface area contributed by atoms with Gasteiger partial charge in [0.05, 0.1) is 0 Å². The van der Waals surface area contributed by atoms with E-state index in [0.29, 0.717) is 6.54 Å². The number of fused-ring (bicyclic) bond motifs is 1. The Hall–Kier alpha value is -1.67. The van der Waals surface area contributed by atoms with Gasteiger partial charge in [-0.3, -0.25) is 9.11 Å². The first-order valence-electron chi connectivity index (χ1n) is 5.53. The normalized spacial score (nSPS) is 10.7. The molecule has 2 rings (SSSR count). The zero-order valence-electron chi connectivity index (χ0n) is 10.2. The van der Waals surface area contributed by atoms with Crippen LogP contribution in [0.1, 0.15) is 0 Å². The molecule has 2 aromatic carbocycles. The summed E-state index contributed by atoms with van der Waals surface area (Å²) >= 11 is 0. The Kier molecular flexibility index (Phi) is 5.71. The molecule has 7 heteroatoms. The molecule has 0 saturated heterocycles. The molecule has 0 unspecified atom stereocenters. The predicted octanol–water partition coefficient (Wildman–Crippen LogP) is 1.56. The van der Waals surface area contributed by atoms with Crippen LogP contribution in [0, 0.1) is 0 Å². The van der Waals surface area contributed by atoms with Gasteiger partial charge in [0.25, 0.3) is 0 Å². The molecule has 6 nitrogen and oxygen atoms in total. The second-order valence-electron chi connectivity index (χ2n) is 3.69. The number of nitrogens with one attached hydrogen (secondary N) is 1. The number of nitrogens with two attached hydrogens (primary N) is 1. The summed E-state index contributed by atoms with van der Waals surface area (Å²) in [5.41, 5.74) is 6.62. The molecule has 5 N–H and O–H groups in total. The topological polar surface area (TPSA) is 113 Å². The van der Waals surface area contributed by atoms with E-state index in [1.165, 1.54) is 10.8 Å². The Bertz CT molecular complexity index is 615. The summed E-state index contributed by atoms with van der Waals surface area (Å²) in [6.07, 6.45) is 0. The van der Waals surface area contributed by atoms with E-state index in [1.54, 1.807) is 0 Å². The standard InChI is InChI=1S/C12H14N2.H2O4S/c13-8-9-14-12-7-3-5-10-4-1-2-6-11(10)12;1-5(2,3)4/h1-7,14H,8-9,13H2;(H2,1,2,3,4). The van der Waals surface area contributed by atoms with Gasteiger partial charge < -0.3 is 11.1 Å². The maximum atomic E-state index is 8.74. The lowest BCUT2D eigenvalue weighted by atomic mass is 10.1. The van der Waals surface area contributed by atoms with Gasteiger partial charge in [-0.05, 0) is 11.5 Å². The number of rotatable bonds is 3. The van der Waals surface area contributed by atoms with Crippen molar-refractivity contribution in [2.45, 2.75) is 0 Å². The quantitative estimate of drug-likeness (QED) is 0.636. The number of anilines is 1. The predicted molar refractivity (Wildman–Crippen MR) is 75.7 cm³/mol. The zero-order chi connectivity index (χ0) is 14.3. The first-order valence-corrected chi connectivity index (χ1v) is 6.93. The SMILES string of the molecule is NCCNc1cccc2ccccc12.O=S(=O)(O)O. The summed E-state index contributed by atoms with van der Waals surface area (Å²) < 4.78 is 31.6. The Morgan fingerprint density at radius 1 is 1.05 bits per heavy atom. The Balaban J connectivity index is 0.000000312. The molecule has 0 fully saturated rings. The largest absolute Gasteiger partial charge is 0.394 e. The van der Waals surface area contributed by atoms with Gasteiger partial charge in [-0.1, -0.05) is 36.4 Å². The van der Waals surface area contributed by atoms with E-state index in [0.717, 1.165) is 12.2 Å². The van der Waals surface area contributed by atoms with Crippen LogP contribution in [0.2, 0.25) is 0 Å². The molecule has 19 heavy (non-hydrogen) atoms. The summed E-state index contributed by atoms with van der Waals surface area (Å²) in [5.74, 6) is 0. The maximum Gasteiger partial charge on any atom is 0.394 e. The van der Waals surface area contributed by atoms with Crippen molar-refractivity contribution in [3.8, 4) is 0 Å². The fourth-order valence-corrected chi connectivity index (χ4v) is 1.59. The Morgan fingerprint density at radius 3 is 2.26 bits per heavy atom. The minimum absolute atomic E-state index is 0.656. The summed E-state index contributed by atoms with van der Waals surface area (Å²) in [6.45, 7) is 1.47. The molecule has 0 aliphatic carbocycles. The van der Waals surface area contributed by atoms with Crippen LogP contribution in [0.4, 0.5) is 5.69 Å². The molecule has 0 atom stereocenters. The lowest BCUT2D eigenvalue weighted by Gasteiger charge is -2.08. The number of benzene rings is 2. The monoisotopic (exact) mass is 284 g/mol. The fourth-order valence-electron chi connectivity index (χ4n) is 1.59. The van der Waals surface area contributed by atoms with Crippen molar-refractivity contribution in [2.75, 3.05) is 18.4 Å². The second kappa shape index (κ2) is 7.05. The Morgan fingerprint density at radius 2 is 1.63 bits per heavy atom. The molecule has 0 saturated carbocycles. The summed E-state index contributed by atoms with van der Waals surface area (Å²) in [5, 5.41) is 5.82. The number of hydrogen-bond donors (Lipinski definition) is 4. The highest BCUT2D eigenvalue weighted by molar-refractivity contribution is 7.79. The Labute approximate surface area is 111 Å². The van der Waals surface area contributed by atoms with Gasteiger partial charge in [-0.15, -0.1) is 0 Å². The van der Waals surface area contributed by atoms with E-state index < -0.39 is 10.4 Å². The van der Waals surface area contributed by atoms with E-state index >= 15 is 0 Å². The van der Waals surface area contributed by atoms with Gasteiger partial charge in [0.1, 0.15) is 0 Å². The molecule has 0 spiro atoms. The fraction of sp³-hybridized carbons (Fsp3) is 0.167. The van der Waals surface area contributed by atoms with Crippen molar-refractivity contribution in [1.82, 2.24) is 0 Å². The summed E-state index contributed by atoms with van der Waals surface area (Å²) in [4.78, 5) is 0. The van der Waals surface area contributed by atoms with E-state index in [-0.39, 0.29) is 0 Å². The third-order valence-corrected chi connectivity index (χ3v) is 2.25. The average Bonchev–Trinajstić information content (AvgIpc) is 2.34. The van der Waals surface area contributed by atoms with E-state index in [4.69, 9.17) is 23.3 Å². The molecule has 0 heterocycles. The molecular formula is C12H16N2O4S. The van der Waals surface area contributed by atoms with Gasteiger partial charge in [0, 0.05) is 24.2 Å². The van der Waals surface area contributed by atoms with Crippen molar-refractivity contribution in [3.63, 3.8) is 0 Å². The molecule has 0 radical (unpaired) electrons. The zero-order valence-corrected chi connectivity index (χ0v) is 11.0. The van der Waals surface area contributed by atoms with Crippen LogP contribution >= 0.6 is 0 Å². The van der Waals surface area contributed by atoms with Crippen molar-refractivity contribution in [3.05, 3.63) is 42.5 Å². The highest BCUT2D eigenvalue weighted by Crippen LogP contribution is 2.22. The average molecular weight is 284 g/mol. The third kappa shape index (κ3) is 6.16. The smallest absolute Gasteiger partial charge is 0.383 e. The van der Waals surface area contributed by atoms with Crippen LogP contribution in [0.3, 0.4) is 0 Å². The molecular weight excluding hydrogens is 268 g/mol. The molecule has 0 aliphatic heterocycles. The van der Waals surface area contributed by atoms with E-state index in [2.05, 4.69) is 47.8 Å². The second-order valence-corrected chi connectivity index (χ2v) is 4.59. The van der Waals surface area contributed by atoms with Crippen LogP contribution < -0.4 is 11.1 Å². The van der Waals surface area contributed by atoms with E-state index in [9.17, 15) is 0 Å². The highest BCUT2D eigenvalue weighted by Gasteiger charge is 1.97. The van der Waals surface area contributed by atoms with Crippen molar-refractivity contribution in [1.29, 1.82) is 0 Å². The van der Waals surface area contributed by atoms with Crippen molar-refractivity contribution >= 4 is 26.9 Å². The minimum Gasteiger partial charge on any atom is -0.383 e.